The largest absolute Gasteiger partial charge is 0.474 e. The summed E-state index contributed by atoms with van der Waals surface area (Å²) in [6.45, 7) is 9.95. The van der Waals surface area contributed by atoms with Crippen molar-refractivity contribution in [2.24, 2.45) is 0 Å². The van der Waals surface area contributed by atoms with Gasteiger partial charge in [-0.05, 0) is 44.3 Å². The molecule has 1 fully saturated rings. The number of nitrogens with one attached hydrogen (secondary N) is 1. The lowest BCUT2D eigenvalue weighted by Gasteiger charge is -2.34. The van der Waals surface area contributed by atoms with Gasteiger partial charge in [-0.1, -0.05) is 6.08 Å². The predicted molar refractivity (Wildman–Crippen MR) is 146 cm³/mol. The number of anilines is 3. The maximum Gasteiger partial charge on any atom is 0.278 e. The first kappa shape index (κ1) is 24.1. The third-order valence-corrected chi connectivity index (χ3v) is 7.12. The number of pyridine rings is 1. The van der Waals surface area contributed by atoms with Crippen LogP contribution in [0.3, 0.4) is 0 Å². The Hall–Kier alpha value is -4.22. The monoisotopic (exact) mass is 514 g/mol. The van der Waals surface area contributed by atoms with Gasteiger partial charge in [0.1, 0.15) is 17.6 Å². The van der Waals surface area contributed by atoms with Crippen LogP contribution in [0.4, 0.5) is 17.3 Å². The fourth-order valence-electron chi connectivity index (χ4n) is 4.93. The summed E-state index contributed by atoms with van der Waals surface area (Å²) in [6, 6.07) is 9.97. The number of ether oxygens (including phenoxy) is 1. The summed E-state index contributed by atoms with van der Waals surface area (Å²) >= 11 is 0. The van der Waals surface area contributed by atoms with Crippen LogP contribution in [-0.4, -0.2) is 74.2 Å². The summed E-state index contributed by atoms with van der Waals surface area (Å²) in [5.74, 6) is 0.739. The van der Waals surface area contributed by atoms with Gasteiger partial charge in [-0.25, -0.2) is 19.3 Å². The quantitative estimate of drug-likeness (QED) is 0.374. The van der Waals surface area contributed by atoms with E-state index in [4.69, 9.17) is 9.72 Å². The van der Waals surface area contributed by atoms with Gasteiger partial charge in [-0.15, -0.1) is 6.58 Å². The van der Waals surface area contributed by atoms with Gasteiger partial charge < -0.3 is 25.0 Å². The molecule has 0 spiro atoms. The molecule has 1 saturated heterocycles. The third-order valence-electron chi connectivity index (χ3n) is 7.12. The highest BCUT2D eigenvalue weighted by molar-refractivity contribution is 5.77. The molecule has 11 nitrogen and oxygen atoms in total. The van der Waals surface area contributed by atoms with Crippen LogP contribution >= 0.6 is 0 Å². The Balaban J connectivity index is 1.36. The van der Waals surface area contributed by atoms with E-state index in [2.05, 4.69) is 50.8 Å². The average molecular weight is 515 g/mol. The maximum atomic E-state index is 13.2. The second-order valence-corrected chi connectivity index (χ2v) is 9.99. The Morgan fingerprint density at radius 2 is 1.89 bits per heavy atom. The summed E-state index contributed by atoms with van der Waals surface area (Å²) < 4.78 is 8.72. The first-order valence-electron chi connectivity index (χ1n) is 12.6. The zero-order chi connectivity index (χ0) is 26.4. The number of fused-ring (bicyclic) bond motifs is 2. The number of rotatable bonds is 6. The van der Waals surface area contributed by atoms with Gasteiger partial charge >= 0.3 is 0 Å². The second kappa shape index (κ2) is 9.26. The van der Waals surface area contributed by atoms with Crippen LogP contribution in [0.2, 0.25) is 0 Å². The standard InChI is InChI=1S/C27H30N8O3/c1-4-9-34-25(36)21-16-29-26(30-18-5-7-19(8-6-18)33-12-10-32(3)11-13-33)31-23(21)35(34)20-14-22-24(28-15-20)38-17-27(22,2)37/h4-8,14-16,37H,1,9-13,17H2,2-3H3,(H,29,30,31)/t27-/m0/s1. The fraction of sp³-hybridized carbons (Fsp3) is 0.333. The van der Waals surface area contributed by atoms with Crippen LogP contribution in [0.1, 0.15) is 12.5 Å². The highest BCUT2D eigenvalue weighted by Crippen LogP contribution is 2.36. The third kappa shape index (κ3) is 4.19. The molecule has 0 aliphatic carbocycles. The molecule has 0 amide bonds. The fourth-order valence-corrected chi connectivity index (χ4v) is 4.93. The van der Waals surface area contributed by atoms with Crippen molar-refractivity contribution in [3.63, 3.8) is 0 Å². The molecule has 11 heteroatoms. The molecule has 0 radical (unpaired) electrons. The van der Waals surface area contributed by atoms with Crippen LogP contribution in [0.25, 0.3) is 16.7 Å². The van der Waals surface area contributed by atoms with Crippen molar-refractivity contribution in [2.45, 2.75) is 19.1 Å². The molecule has 2 aliphatic rings. The minimum atomic E-state index is -1.18. The van der Waals surface area contributed by atoms with Crippen LogP contribution in [0.15, 0.2) is 60.2 Å². The SMILES string of the molecule is C=CCn1c(=O)c2cnc(Nc3ccc(N4CCN(C)CC4)cc3)nc2n1-c1cnc2c(c1)[C@@](C)(O)CO2. The van der Waals surface area contributed by atoms with E-state index in [1.807, 2.05) is 12.1 Å². The zero-order valence-electron chi connectivity index (χ0n) is 21.5. The Morgan fingerprint density at radius 3 is 2.63 bits per heavy atom. The number of benzene rings is 1. The molecule has 2 N–H and O–H groups in total. The van der Waals surface area contributed by atoms with E-state index >= 15 is 0 Å². The smallest absolute Gasteiger partial charge is 0.278 e. The topological polar surface area (TPSA) is 114 Å². The molecule has 3 aromatic heterocycles. The molecule has 2 aliphatic heterocycles. The Bertz CT molecular complexity index is 1570. The minimum Gasteiger partial charge on any atom is -0.474 e. The lowest BCUT2D eigenvalue weighted by molar-refractivity contribution is 0.0346. The molecule has 0 unspecified atom stereocenters. The molecule has 5 heterocycles. The highest BCUT2D eigenvalue weighted by atomic mass is 16.5. The van der Waals surface area contributed by atoms with Gasteiger partial charge in [0.25, 0.3) is 5.56 Å². The molecule has 4 aromatic rings. The number of nitrogens with zero attached hydrogens (tertiary/aromatic N) is 7. The zero-order valence-corrected chi connectivity index (χ0v) is 21.5. The van der Waals surface area contributed by atoms with E-state index in [-0.39, 0.29) is 18.7 Å². The number of aliphatic hydroxyl groups is 1. The number of hydrogen-bond donors (Lipinski definition) is 2. The molecular formula is C27H30N8O3. The van der Waals surface area contributed by atoms with Crippen molar-refractivity contribution in [1.82, 2.24) is 29.2 Å². The summed E-state index contributed by atoms with van der Waals surface area (Å²) in [4.78, 5) is 31.4. The number of likely N-dealkylation sites (N-methyl/N-ethyl adjacent to an activating group) is 1. The summed E-state index contributed by atoms with van der Waals surface area (Å²) in [5, 5.41) is 14.4. The molecule has 6 rings (SSSR count). The van der Waals surface area contributed by atoms with Gasteiger partial charge in [0.15, 0.2) is 5.65 Å². The van der Waals surface area contributed by atoms with E-state index < -0.39 is 5.60 Å². The van der Waals surface area contributed by atoms with Crippen molar-refractivity contribution >= 4 is 28.4 Å². The van der Waals surface area contributed by atoms with Crippen LogP contribution in [0, 0.1) is 0 Å². The van der Waals surface area contributed by atoms with Gasteiger partial charge in [0.05, 0.1) is 24.0 Å². The number of hydrogen-bond acceptors (Lipinski definition) is 9. The molecule has 38 heavy (non-hydrogen) atoms. The molecule has 0 bridgehead atoms. The van der Waals surface area contributed by atoms with Crippen molar-refractivity contribution in [3.05, 3.63) is 71.3 Å². The Labute approximate surface area is 219 Å². The van der Waals surface area contributed by atoms with E-state index in [1.54, 1.807) is 29.9 Å². The molecule has 0 saturated carbocycles. The molecular weight excluding hydrogens is 484 g/mol. The Kier molecular flexibility index (Phi) is 5.88. The van der Waals surface area contributed by atoms with E-state index in [0.29, 0.717) is 34.1 Å². The lowest BCUT2D eigenvalue weighted by Crippen LogP contribution is -2.44. The summed E-state index contributed by atoms with van der Waals surface area (Å²) in [7, 11) is 2.14. The van der Waals surface area contributed by atoms with Crippen molar-refractivity contribution in [1.29, 1.82) is 0 Å². The van der Waals surface area contributed by atoms with Crippen molar-refractivity contribution in [3.8, 4) is 11.6 Å². The average Bonchev–Trinajstić information content (AvgIpc) is 3.37. The van der Waals surface area contributed by atoms with Crippen LogP contribution < -0.4 is 20.5 Å². The van der Waals surface area contributed by atoms with E-state index in [1.165, 1.54) is 16.6 Å². The normalized spacial score (nSPS) is 19.4. The Morgan fingerprint density at radius 1 is 1.13 bits per heavy atom. The van der Waals surface area contributed by atoms with E-state index in [9.17, 15) is 9.90 Å². The van der Waals surface area contributed by atoms with Crippen LogP contribution in [0.5, 0.6) is 5.88 Å². The summed E-state index contributed by atoms with van der Waals surface area (Å²) in [5.41, 5.74) is 2.15. The minimum absolute atomic E-state index is 0.120. The van der Waals surface area contributed by atoms with Crippen molar-refractivity contribution < 1.29 is 9.84 Å². The number of allylic oxidation sites excluding steroid dienone is 1. The van der Waals surface area contributed by atoms with E-state index in [0.717, 1.165) is 31.9 Å². The molecule has 1 aromatic carbocycles. The van der Waals surface area contributed by atoms with Gasteiger partial charge in [0, 0.05) is 43.8 Å². The highest BCUT2D eigenvalue weighted by Gasteiger charge is 2.36. The van der Waals surface area contributed by atoms with Crippen molar-refractivity contribution in [2.75, 3.05) is 50.1 Å². The van der Waals surface area contributed by atoms with Crippen LogP contribution in [-0.2, 0) is 12.1 Å². The predicted octanol–water partition coefficient (Wildman–Crippen LogP) is 2.26. The maximum absolute atomic E-state index is 13.2. The molecule has 1 atom stereocenters. The summed E-state index contributed by atoms with van der Waals surface area (Å²) in [6.07, 6.45) is 4.78. The first-order valence-corrected chi connectivity index (χ1v) is 12.6. The molecule has 196 valence electrons. The first-order chi connectivity index (χ1) is 18.3. The number of piperazine rings is 1. The number of aromatic nitrogens is 5. The van der Waals surface area contributed by atoms with Gasteiger partial charge in [-0.2, -0.15) is 4.98 Å². The second-order valence-electron chi connectivity index (χ2n) is 9.99. The lowest BCUT2D eigenvalue weighted by atomic mass is 10.0. The van der Waals surface area contributed by atoms with Gasteiger partial charge in [0.2, 0.25) is 11.8 Å². The van der Waals surface area contributed by atoms with Gasteiger partial charge in [-0.3, -0.25) is 4.79 Å².